The molecule has 12 heteroatoms. The summed E-state index contributed by atoms with van der Waals surface area (Å²) in [5, 5.41) is 7.03. The van der Waals surface area contributed by atoms with E-state index in [9.17, 15) is 32.3 Å². The van der Waals surface area contributed by atoms with Crippen molar-refractivity contribution in [3.05, 3.63) is 64.0 Å². The molecule has 1 unspecified atom stereocenters. The Morgan fingerprint density at radius 1 is 1.14 bits per heavy atom. The summed E-state index contributed by atoms with van der Waals surface area (Å²) in [6.07, 6.45) is -4.29. The molecule has 8 nitrogen and oxygen atoms in total. The van der Waals surface area contributed by atoms with Gasteiger partial charge in [-0.25, -0.2) is 9.18 Å². The second-order valence-electron chi connectivity index (χ2n) is 8.30. The van der Waals surface area contributed by atoms with E-state index in [1.807, 2.05) is 13.8 Å². The van der Waals surface area contributed by atoms with Gasteiger partial charge in [0, 0.05) is 35.3 Å². The van der Waals surface area contributed by atoms with Gasteiger partial charge in [0.05, 0.1) is 12.1 Å². The third-order valence-corrected chi connectivity index (χ3v) is 5.97. The number of urea groups is 1. The highest BCUT2D eigenvalue weighted by atomic mass is 19.4. The van der Waals surface area contributed by atoms with Crippen LogP contribution in [0.1, 0.15) is 59.3 Å². The van der Waals surface area contributed by atoms with E-state index < -0.39 is 47.4 Å². The van der Waals surface area contributed by atoms with Crippen molar-refractivity contribution in [2.24, 2.45) is 0 Å². The van der Waals surface area contributed by atoms with Crippen molar-refractivity contribution in [1.82, 2.24) is 15.5 Å². The first-order valence-electron chi connectivity index (χ1n) is 11.6. The van der Waals surface area contributed by atoms with Crippen molar-refractivity contribution in [3.63, 3.8) is 0 Å². The SMILES string of the molecule is CC.Cc1cc(C(F)(F)F)ccc1NC(=O)NCc1ccc2c(c1F)CN(C1CCC(=O)NC1=O)C2=O. The number of alkyl halides is 3. The number of imide groups is 1. The minimum Gasteiger partial charge on any atom is -0.334 e. The van der Waals surface area contributed by atoms with Gasteiger partial charge in [0.2, 0.25) is 11.8 Å². The van der Waals surface area contributed by atoms with Crippen LogP contribution in [0.3, 0.4) is 0 Å². The van der Waals surface area contributed by atoms with Gasteiger partial charge in [-0.3, -0.25) is 19.7 Å². The van der Waals surface area contributed by atoms with E-state index in [-0.39, 0.29) is 53.9 Å². The fourth-order valence-corrected chi connectivity index (χ4v) is 4.11. The van der Waals surface area contributed by atoms with Gasteiger partial charge < -0.3 is 15.5 Å². The molecule has 1 saturated heterocycles. The van der Waals surface area contributed by atoms with Gasteiger partial charge in [-0.1, -0.05) is 19.9 Å². The summed E-state index contributed by atoms with van der Waals surface area (Å²) in [7, 11) is 0. The highest BCUT2D eigenvalue weighted by molar-refractivity contribution is 6.05. The van der Waals surface area contributed by atoms with Crippen LogP contribution in [0.15, 0.2) is 30.3 Å². The van der Waals surface area contributed by atoms with Crippen LogP contribution < -0.4 is 16.0 Å². The van der Waals surface area contributed by atoms with E-state index >= 15 is 4.39 Å². The lowest BCUT2D eigenvalue weighted by Gasteiger charge is -2.29. The Bertz CT molecular complexity index is 1250. The Kier molecular flexibility index (Phi) is 8.19. The number of hydrogen-bond acceptors (Lipinski definition) is 4. The molecule has 0 aromatic heterocycles. The highest BCUT2D eigenvalue weighted by Gasteiger charge is 2.40. The van der Waals surface area contributed by atoms with Crippen LogP contribution in [0.5, 0.6) is 0 Å². The van der Waals surface area contributed by atoms with E-state index in [0.29, 0.717) is 0 Å². The van der Waals surface area contributed by atoms with Crippen LogP contribution in [0, 0.1) is 12.7 Å². The molecule has 1 atom stereocenters. The van der Waals surface area contributed by atoms with Crippen molar-refractivity contribution < 1.29 is 36.7 Å². The molecule has 37 heavy (non-hydrogen) atoms. The number of rotatable bonds is 4. The summed E-state index contributed by atoms with van der Waals surface area (Å²) in [5.74, 6) is -2.28. The smallest absolute Gasteiger partial charge is 0.334 e. The molecular weight excluding hydrogens is 496 g/mol. The third-order valence-electron chi connectivity index (χ3n) is 5.97. The number of carbonyl (C=O) groups is 4. The molecule has 0 radical (unpaired) electrons. The van der Waals surface area contributed by atoms with Crippen molar-refractivity contribution in [1.29, 1.82) is 0 Å². The molecule has 0 bridgehead atoms. The zero-order chi connectivity index (χ0) is 27.5. The second kappa shape index (κ2) is 11.0. The molecule has 0 spiro atoms. The monoisotopic (exact) mass is 522 g/mol. The van der Waals surface area contributed by atoms with Crippen LogP contribution >= 0.6 is 0 Å². The summed E-state index contributed by atoms with van der Waals surface area (Å²) in [6, 6.07) is 3.98. The van der Waals surface area contributed by atoms with Gasteiger partial charge >= 0.3 is 12.2 Å². The lowest BCUT2D eigenvalue weighted by atomic mass is 10.0. The van der Waals surface area contributed by atoms with Crippen LogP contribution in [0.25, 0.3) is 0 Å². The second-order valence-corrected chi connectivity index (χ2v) is 8.30. The van der Waals surface area contributed by atoms with E-state index in [1.54, 1.807) is 0 Å². The topological polar surface area (TPSA) is 108 Å². The quantitative estimate of drug-likeness (QED) is 0.412. The predicted molar refractivity (Wildman–Crippen MR) is 126 cm³/mol. The Morgan fingerprint density at radius 3 is 2.46 bits per heavy atom. The molecule has 2 aliphatic rings. The minimum absolute atomic E-state index is 0.0711. The number of nitrogens with zero attached hydrogens (tertiary/aromatic N) is 1. The Labute approximate surface area is 210 Å². The number of fused-ring (bicyclic) bond motifs is 1. The fraction of sp³-hybridized carbons (Fsp3) is 0.360. The summed E-state index contributed by atoms with van der Waals surface area (Å²) < 4.78 is 53.5. The molecule has 5 amide bonds. The number of anilines is 1. The normalized spacial score (nSPS) is 17.0. The average molecular weight is 522 g/mol. The van der Waals surface area contributed by atoms with Crippen molar-refractivity contribution in [2.45, 2.75) is 58.9 Å². The standard InChI is InChI=1S/C23H20F4N4O4.C2H6/c1-11-8-13(23(25,26)27)3-5-16(11)29-22(35)28-9-12-2-4-14-15(19(12)24)10-31(21(14)34)17-6-7-18(32)30-20(17)33;1-2/h2-5,8,17H,6-7,9-10H2,1H3,(H2,28,29,35)(H,30,32,33);1-2H3. The van der Waals surface area contributed by atoms with Crippen LogP contribution in [0.4, 0.5) is 28.0 Å². The fourth-order valence-electron chi connectivity index (χ4n) is 4.11. The van der Waals surface area contributed by atoms with Gasteiger partial charge in [-0.15, -0.1) is 0 Å². The van der Waals surface area contributed by atoms with Crippen LogP contribution in [0.2, 0.25) is 0 Å². The lowest BCUT2D eigenvalue weighted by molar-refractivity contribution is -0.138. The van der Waals surface area contributed by atoms with E-state index in [4.69, 9.17) is 0 Å². The van der Waals surface area contributed by atoms with Gasteiger partial charge in [0.1, 0.15) is 11.9 Å². The number of nitrogens with one attached hydrogen (secondary N) is 3. The van der Waals surface area contributed by atoms with Crippen molar-refractivity contribution in [3.8, 4) is 0 Å². The van der Waals surface area contributed by atoms with Gasteiger partial charge in [0.25, 0.3) is 5.91 Å². The molecule has 1 fully saturated rings. The molecule has 198 valence electrons. The zero-order valence-corrected chi connectivity index (χ0v) is 20.4. The molecule has 2 aliphatic heterocycles. The van der Waals surface area contributed by atoms with Crippen LogP contribution in [-0.2, 0) is 28.9 Å². The number of hydrogen-bond donors (Lipinski definition) is 3. The number of piperidine rings is 1. The number of carbonyl (C=O) groups excluding carboxylic acids is 4. The summed E-state index contributed by atoms with van der Waals surface area (Å²) in [4.78, 5) is 49.7. The van der Waals surface area contributed by atoms with Gasteiger partial charge in [-0.2, -0.15) is 13.2 Å². The van der Waals surface area contributed by atoms with Gasteiger partial charge in [-0.05, 0) is 43.2 Å². The van der Waals surface area contributed by atoms with Gasteiger partial charge in [0.15, 0.2) is 0 Å². The largest absolute Gasteiger partial charge is 0.416 e. The molecular formula is C25H26F4N4O4. The summed E-state index contributed by atoms with van der Waals surface area (Å²) in [6.45, 7) is 5.00. The first kappa shape index (κ1) is 27.6. The van der Waals surface area contributed by atoms with E-state index in [1.165, 1.54) is 24.0 Å². The Morgan fingerprint density at radius 2 is 1.84 bits per heavy atom. The first-order chi connectivity index (χ1) is 17.5. The maximum absolute atomic E-state index is 15.1. The Balaban J connectivity index is 0.00000186. The van der Waals surface area contributed by atoms with Crippen molar-refractivity contribution >= 4 is 29.4 Å². The first-order valence-corrected chi connectivity index (χ1v) is 11.6. The molecule has 2 aromatic rings. The number of benzene rings is 2. The number of halogens is 4. The van der Waals surface area contributed by atoms with Crippen LogP contribution in [-0.4, -0.2) is 34.7 Å². The molecule has 0 saturated carbocycles. The Hall–Kier alpha value is -3.96. The molecule has 2 heterocycles. The maximum atomic E-state index is 15.1. The van der Waals surface area contributed by atoms with Crippen molar-refractivity contribution in [2.75, 3.05) is 5.32 Å². The lowest BCUT2D eigenvalue weighted by Crippen LogP contribution is -2.52. The molecule has 0 aliphatic carbocycles. The summed E-state index contributed by atoms with van der Waals surface area (Å²) >= 11 is 0. The molecule has 3 N–H and O–H groups in total. The number of amides is 5. The zero-order valence-electron chi connectivity index (χ0n) is 20.4. The predicted octanol–water partition coefficient (Wildman–Crippen LogP) is 4.26. The third kappa shape index (κ3) is 5.89. The maximum Gasteiger partial charge on any atom is 0.416 e. The highest BCUT2D eigenvalue weighted by Crippen LogP contribution is 2.32. The van der Waals surface area contributed by atoms with E-state index in [0.717, 1.165) is 18.2 Å². The summed E-state index contributed by atoms with van der Waals surface area (Å²) in [5.41, 5.74) is -0.219. The average Bonchev–Trinajstić information content (AvgIpc) is 3.17. The van der Waals surface area contributed by atoms with E-state index in [2.05, 4.69) is 16.0 Å². The molecule has 2 aromatic carbocycles. The minimum atomic E-state index is -4.51. The molecule has 4 rings (SSSR count). The number of aryl methyl sites for hydroxylation is 1.